The summed E-state index contributed by atoms with van der Waals surface area (Å²) in [6.45, 7) is 5.07. The van der Waals surface area contributed by atoms with Gasteiger partial charge in [0.2, 0.25) is 0 Å². The van der Waals surface area contributed by atoms with Crippen LogP contribution in [0.15, 0.2) is 42.6 Å². The molecule has 1 atom stereocenters. The Bertz CT molecular complexity index is 767. The Morgan fingerprint density at radius 1 is 1.16 bits per heavy atom. The Labute approximate surface area is 144 Å². The van der Waals surface area contributed by atoms with E-state index in [1.54, 1.807) is 4.90 Å². The number of aromatic nitrogens is 1. The molecule has 2 heterocycles. The lowest BCUT2D eigenvalue weighted by molar-refractivity contribution is -0.136. The normalized spacial score (nSPS) is 17.5. The molecule has 4 nitrogen and oxygen atoms in total. The van der Waals surface area contributed by atoms with Gasteiger partial charge in [-0.15, -0.1) is 0 Å². The predicted molar refractivity (Wildman–Crippen MR) is 89.2 cm³/mol. The summed E-state index contributed by atoms with van der Waals surface area (Å²) in [7, 11) is 0. The number of benzene rings is 1. The zero-order valence-electron chi connectivity index (χ0n) is 14.0. The van der Waals surface area contributed by atoms with Crippen LogP contribution in [0.3, 0.4) is 0 Å². The summed E-state index contributed by atoms with van der Waals surface area (Å²) in [6.07, 6.45) is -2.56. The number of amides is 2. The van der Waals surface area contributed by atoms with Crippen LogP contribution in [0.25, 0.3) is 0 Å². The van der Waals surface area contributed by atoms with E-state index in [1.165, 1.54) is 18.2 Å². The minimum absolute atomic E-state index is 0.137. The Hall–Kier alpha value is -2.44. The molecule has 0 spiro atoms. The molecule has 1 aliphatic heterocycles. The van der Waals surface area contributed by atoms with Gasteiger partial charge in [0, 0.05) is 25.0 Å². The van der Waals surface area contributed by atoms with E-state index in [1.807, 2.05) is 32.2 Å². The van der Waals surface area contributed by atoms with Crippen molar-refractivity contribution in [3.63, 3.8) is 0 Å². The van der Waals surface area contributed by atoms with Crippen LogP contribution in [0.2, 0.25) is 0 Å². The van der Waals surface area contributed by atoms with Crippen LogP contribution >= 0.6 is 0 Å². The summed E-state index contributed by atoms with van der Waals surface area (Å²) in [6, 6.07) is 8.22. The molecular formula is C18H20F3N3O. The fourth-order valence-corrected chi connectivity index (χ4v) is 3.37. The molecule has 2 aromatic rings. The summed E-state index contributed by atoms with van der Waals surface area (Å²) in [4.78, 5) is 14.3. The molecule has 3 rings (SSSR count). The smallest absolute Gasteiger partial charge is 0.348 e. The largest absolute Gasteiger partial charge is 0.418 e. The van der Waals surface area contributed by atoms with Crippen LogP contribution in [0.1, 0.15) is 31.1 Å². The Morgan fingerprint density at radius 2 is 1.88 bits per heavy atom. The van der Waals surface area contributed by atoms with Gasteiger partial charge in [-0.1, -0.05) is 26.0 Å². The number of carbonyl (C=O) groups excluding carboxylic acids is 1. The lowest BCUT2D eigenvalue weighted by Gasteiger charge is -2.39. The SMILES string of the molecule is CC(C)C1c2cccn2CCN1C(=O)Nc1ccccc1C(F)(F)F. The third-order valence-corrected chi connectivity index (χ3v) is 4.45. The van der Waals surface area contributed by atoms with Gasteiger partial charge in [-0.3, -0.25) is 0 Å². The molecule has 0 radical (unpaired) electrons. The van der Waals surface area contributed by atoms with E-state index in [2.05, 4.69) is 9.88 Å². The van der Waals surface area contributed by atoms with Crippen LogP contribution in [-0.4, -0.2) is 22.0 Å². The number of rotatable bonds is 2. The van der Waals surface area contributed by atoms with Crippen molar-refractivity contribution in [3.05, 3.63) is 53.9 Å². The number of halogens is 3. The topological polar surface area (TPSA) is 37.3 Å². The molecule has 1 aromatic heterocycles. The quantitative estimate of drug-likeness (QED) is 0.833. The number of urea groups is 1. The number of carbonyl (C=O) groups is 1. The Kier molecular flexibility index (Phi) is 4.49. The highest BCUT2D eigenvalue weighted by atomic mass is 19.4. The van der Waals surface area contributed by atoms with Gasteiger partial charge in [-0.25, -0.2) is 4.79 Å². The fourth-order valence-electron chi connectivity index (χ4n) is 3.37. The van der Waals surface area contributed by atoms with Crippen molar-refractivity contribution in [1.29, 1.82) is 0 Å². The van der Waals surface area contributed by atoms with E-state index < -0.39 is 17.8 Å². The van der Waals surface area contributed by atoms with Gasteiger partial charge in [0.1, 0.15) is 0 Å². The number of nitrogens with one attached hydrogen (secondary N) is 1. The maximum absolute atomic E-state index is 13.1. The molecule has 0 fully saturated rings. The minimum atomic E-state index is -4.52. The van der Waals surface area contributed by atoms with Crippen molar-refractivity contribution < 1.29 is 18.0 Å². The minimum Gasteiger partial charge on any atom is -0.348 e. The third kappa shape index (κ3) is 3.36. The molecule has 0 saturated carbocycles. The van der Waals surface area contributed by atoms with Gasteiger partial charge in [-0.05, 0) is 30.2 Å². The number of nitrogens with zero attached hydrogens (tertiary/aromatic N) is 2. The average Bonchev–Trinajstić information content (AvgIpc) is 3.01. The summed E-state index contributed by atoms with van der Waals surface area (Å²) < 4.78 is 41.5. The fraction of sp³-hybridized carbons (Fsp3) is 0.389. The lowest BCUT2D eigenvalue weighted by atomic mass is 9.97. The number of hydrogen-bond donors (Lipinski definition) is 1. The second-order valence-corrected chi connectivity index (χ2v) is 6.48. The second kappa shape index (κ2) is 6.46. The van der Waals surface area contributed by atoms with E-state index in [4.69, 9.17) is 0 Å². The second-order valence-electron chi connectivity index (χ2n) is 6.48. The molecule has 134 valence electrons. The van der Waals surface area contributed by atoms with E-state index in [0.29, 0.717) is 13.1 Å². The standard InChI is InChI=1S/C18H20F3N3O/c1-12(2)16-15-8-5-9-23(15)10-11-24(16)17(25)22-14-7-4-3-6-13(14)18(19,20)21/h3-9,12,16H,10-11H2,1-2H3,(H,22,25). The van der Waals surface area contributed by atoms with E-state index in [0.717, 1.165) is 11.8 Å². The van der Waals surface area contributed by atoms with E-state index in [9.17, 15) is 18.0 Å². The highest BCUT2D eigenvalue weighted by molar-refractivity contribution is 5.90. The molecule has 2 amide bonds. The van der Waals surface area contributed by atoms with Crippen LogP contribution in [-0.2, 0) is 12.7 Å². The number of alkyl halides is 3. The summed E-state index contributed by atoms with van der Waals surface area (Å²) in [5.74, 6) is 0.137. The number of fused-ring (bicyclic) bond motifs is 1. The van der Waals surface area contributed by atoms with Gasteiger partial charge < -0.3 is 14.8 Å². The highest BCUT2D eigenvalue weighted by Gasteiger charge is 2.36. The van der Waals surface area contributed by atoms with Crippen molar-refractivity contribution in [1.82, 2.24) is 9.47 Å². The average molecular weight is 351 g/mol. The van der Waals surface area contributed by atoms with Crippen molar-refractivity contribution in [2.24, 2.45) is 5.92 Å². The van der Waals surface area contributed by atoms with Crippen molar-refractivity contribution in [2.75, 3.05) is 11.9 Å². The number of hydrogen-bond acceptors (Lipinski definition) is 1. The first-order valence-corrected chi connectivity index (χ1v) is 8.18. The number of anilines is 1. The molecule has 25 heavy (non-hydrogen) atoms. The zero-order valence-corrected chi connectivity index (χ0v) is 14.0. The summed E-state index contributed by atoms with van der Waals surface area (Å²) >= 11 is 0. The van der Waals surface area contributed by atoms with Crippen LogP contribution in [0.4, 0.5) is 23.7 Å². The van der Waals surface area contributed by atoms with Gasteiger partial charge in [0.25, 0.3) is 0 Å². The molecular weight excluding hydrogens is 331 g/mol. The van der Waals surface area contributed by atoms with Crippen molar-refractivity contribution in [3.8, 4) is 0 Å². The number of para-hydroxylation sites is 1. The van der Waals surface area contributed by atoms with Gasteiger partial charge in [0.05, 0.1) is 17.3 Å². The molecule has 7 heteroatoms. The van der Waals surface area contributed by atoms with Crippen LogP contribution in [0.5, 0.6) is 0 Å². The van der Waals surface area contributed by atoms with Crippen molar-refractivity contribution >= 4 is 11.7 Å². The molecule has 1 aliphatic rings. The van der Waals surface area contributed by atoms with Crippen LogP contribution in [0, 0.1) is 5.92 Å². The molecule has 0 saturated heterocycles. The zero-order chi connectivity index (χ0) is 18.2. The molecule has 0 aliphatic carbocycles. The first kappa shape index (κ1) is 17.4. The van der Waals surface area contributed by atoms with Gasteiger partial charge in [0.15, 0.2) is 0 Å². The van der Waals surface area contributed by atoms with Crippen LogP contribution < -0.4 is 5.32 Å². The monoisotopic (exact) mass is 351 g/mol. The van der Waals surface area contributed by atoms with Crippen molar-refractivity contribution in [2.45, 2.75) is 32.6 Å². The molecule has 1 unspecified atom stereocenters. The van der Waals surface area contributed by atoms with Gasteiger partial charge in [-0.2, -0.15) is 13.2 Å². The first-order chi connectivity index (χ1) is 11.8. The van der Waals surface area contributed by atoms with Gasteiger partial charge >= 0.3 is 12.2 Å². The summed E-state index contributed by atoms with van der Waals surface area (Å²) in [5, 5.41) is 2.45. The molecule has 0 bridgehead atoms. The maximum Gasteiger partial charge on any atom is 0.418 e. The van der Waals surface area contributed by atoms with E-state index in [-0.39, 0.29) is 17.6 Å². The first-order valence-electron chi connectivity index (χ1n) is 8.18. The maximum atomic E-state index is 13.1. The molecule has 1 N–H and O–H groups in total. The van der Waals surface area contributed by atoms with E-state index >= 15 is 0 Å². The molecule has 1 aromatic carbocycles. The predicted octanol–water partition coefficient (Wildman–Crippen LogP) is 4.75. The Morgan fingerprint density at radius 3 is 2.56 bits per heavy atom. The lowest BCUT2D eigenvalue weighted by Crippen LogP contribution is -2.46. The highest BCUT2D eigenvalue weighted by Crippen LogP contribution is 2.36. The summed E-state index contributed by atoms with van der Waals surface area (Å²) in [5.41, 5.74) is -0.0613. The Balaban J connectivity index is 1.87. The third-order valence-electron chi connectivity index (χ3n) is 4.45.